The highest BCUT2D eigenvalue weighted by molar-refractivity contribution is 6.32. The first-order valence-corrected chi connectivity index (χ1v) is 21.2. The molecule has 8 rings (SSSR count). The van der Waals surface area contributed by atoms with E-state index in [0.29, 0.717) is 31.2 Å². The van der Waals surface area contributed by atoms with Crippen molar-refractivity contribution >= 4 is 67.7 Å². The molecule has 21 heteroatoms. The molecule has 0 spiro atoms. The van der Waals surface area contributed by atoms with Crippen molar-refractivity contribution in [1.29, 1.82) is 0 Å². The van der Waals surface area contributed by atoms with E-state index in [9.17, 15) is 60.1 Å². The Balaban J connectivity index is 0.000000199. The molecule has 12 nitrogen and oxygen atoms in total. The zero-order valence-electron chi connectivity index (χ0n) is 35.3. The molecule has 0 aliphatic heterocycles. The number of halogens is 9. The molecule has 2 aliphatic rings. The Morgan fingerprint density at radius 3 is 1.48 bits per heavy atom. The predicted octanol–water partition coefficient (Wildman–Crippen LogP) is 9.58. The first-order valence-electron chi connectivity index (χ1n) is 20.5. The maximum absolute atomic E-state index is 14.4. The van der Waals surface area contributed by atoms with Gasteiger partial charge in [-0.3, -0.25) is 9.59 Å². The fraction of sp³-hybridized carbons (Fsp3) is 0.348. The van der Waals surface area contributed by atoms with E-state index >= 15 is 0 Å². The molecule has 4 aromatic carbocycles. The van der Waals surface area contributed by atoms with Gasteiger partial charge in [0.1, 0.15) is 5.82 Å². The Morgan fingerprint density at radius 2 is 1.07 bits per heavy atom. The van der Waals surface area contributed by atoms with Gasteiger partial charge in [0.2, 0.25) is 22.8 Å². The third-order valence-corrected chi connectivity index (χ3v) is 13.6. The van der Waals surface area contributed by atoms with E-state index in [4.69, 9.17) is 34.7 Å². The summed E-state index contributed by atoms with van der Waals surface area (Å²) in [6.45, 7) is 2.85. The van der Waals surface area contributed by atoms with Gasteiger partial charge in [-0.15, -0.1) is 0 Å². The predicted molar refractivity (Wildman–Crippen MR) is 233 cm³/mol. The van der Waals surface area contributed by atoms with Crippen LogP contribution in [0.4, 0.5) is 42.1 Å². The average Bonchev–Trinajstić information content (AvgIpc) is 3.87. The number of nitrogens with zero attached hydrogens (tertiary/aromatic N) is 2. The van der Waals surface area contributed by atoms with Crippen molar-refractivity contribution < 1.29 is 59.6 Å². The lowest BCUT2D eigenvalue weighted by molar-refractivity contribution is -0.243. The number of hydrogen-bond donors (Lipinski definition) is 4. The molecule has 2 aromatic heterocycles. The number of carbonyl (C=O) groups is 2. The number of aryl methyl sites for hydroxylation is 2. The molecule has 0 bridgehead atoms. The summed E-state index contributed by atoms with van der Waals surface area (Å²) in [4.78, 5) is 50.5. The van der Waals surface area contributed by atoms with Crippen LogP contribution in [0.1, 0.15) is 94.6 Å². The molecule has 2 aliphatic carbocycles. The SMILES string of the molecule is Cc1noc(=O)c2ccc(C(=O)C(O)(CC3(c4ccc(F)cc4Cl)CC3)C(F)(F)F)c(N)c12.Cc1noc(=O)c2ccc(C(=O)C(O)(CC3(c4ccccc4Cl)CCCC3)C(F)(F)F)c(N)c12. The van der Waals surface area contributed by atoms with Gasteiger partial charge in [-0.1, -0.05) is 70.6 Å². The molecular weight excluding hydrogens is 940 g/mol. The smallest absolute Gasteiger partial charge is 0.398 e. The van der Waals surface area contributed by atoms with Crippen LogP contribution in [0.5, 0.6) is 0 Å². The molecule has 2 fully saturated rings. The Morgan fingerprint density at radius 1 is 0.657 bits per heavy atom. The van der Waals surface area contributed by atoms with E-state index < -0.39 is 92.7 Å². The standard InChI is InChI=1S/C24H22ClF3N2O4.C22H17ClF4N2O4/c1-13-18-14(21(32)34-30-13)8-9-15(19(18)29)20(31)23(33,24(26,27)28)12-22(10-4-5-11-22)16-6-2-3-7-17(16)25;1-10-16-12(19(31)33-29-10)3-4-13(17(16)28)18(30)21(32,22(25,26)27)9-20(6-7-20)14-5-2-11(24)8-15(14)23/h2-3,6-9,33H,4-5,10-12,29H2,1H3;2-5,8,32H,6-7,9,28H2,1H3. The number of carbonyl (C=O) groups excluding carboxylic acids is 2. The number of aliphatic hydroxyl groups is 2. The van der Waals surface area contributed by atoms with Gasteiger partial charge in [-0.2, -0.15) is 26.3 Å². The van der Waals surface area contributed by atoms with E-state index in [1.807, 2.05) is 0 Å². The molecule has 0 radical (unpaired) electrons. The lowest BCUT2D eigenvalue weighted by Crippen LogP contribution is -2.55. The first kappa shape index (κ1) is 49.0. The zero-order chi connectivity index (χ0) is 49.2. The van der Waals surface area contributed by atoms with Crippen LogP contribution in [0.25, 0.3) is 21.5 Å². The molecule has 0 saturated heterocycles. The third-order valence-electron chi connectivity index (χ3n) is 12.9. The lowest BCUT2D eigenvalue weighted by Gasteiger charge is -2.39. The zero-order valence-corrected chi connectivity index (χ0v) is 36.8. The third kappa shape index (κ3) is 8.55. The summed E-state index contributed by atoms with van der Waals surface area (Å²) in [5.74, 6) is -3.93. The molecule has 6 N–H and O–H groups in total. The highest BCUT2D eigenvalue weighted by Gasteiger charge is 2.66. The molecule has 2 heterocycles. The molecular formula is C46H39Cl2F7N4O8. The van der Waals surface area contributed by atoms with Crippen LogP contribution in [0.2, 0.25) is 10.0 Å². The van der Waals surface area contributed by atoms with Crippen LogP contribution in [0.3, 0.4) is 0 Å². The molecule has 6 aromatic rings. The van der Waals surface area contributed by atoms with Crippen molar-refractivity contribution in [2.75, 3.05) is 11.5 Å². The van der Waals surface area contributed by atoms with Crippen LogP contribution >= 0.6 is 23.2 Å². The van der Waals surface area contributed by atoms with Crippen LogP contribution in [0, 0.1) is 19.7 Å². The summed E-state index contributed by atoms with van der Waals surface area (Å²) in [5, 5.41) is 29.0. The molecule has 354 valence electrons. The minimum absolute atomic E-state index is 0.00769. The van der Waals surface area contributed by atoms with Crippen LogP contribution in [0.15, 0.2) is 85.4 Å². The van der Waals surface area contributed by atoms with Gasteiger partial charge >= 0.3 is 23.6 Å². The second kappa shape index (κ2) is 17.3. The van der Waals surface area contributed by atoms with Gasteiger partial charge in [0, 0.05) is 55.6 Å². The fourth-order valence-electron chi connectivity index (χ4n) is 9.30. The number of anilines is 2. The van der Waals surface area contributed by atoms with Gasteiger partial charge in [0.15, 0.2) is 0 Å². The summed E-state index contributed by atoms with van der Waals surface area (Å²) < 4.78 is 109. The van der Waals surface area contributed by atoms with E-state index in [2.05, 4.69) is 19.4 Å². The number of benzene rings is 4. The lowest BCUT2D eigenvalue weighted by atomic mass is 9.69. The summed E-state index contributed by atoms with van der Waals surface area (Å²) in [6.07, 6.45) is -10.3. The van der Waals surface area contributed by atoms with E-state index in [0.717, 1.165) is 36.4 Å². The number of rotatable bonds is 10. The maximum Gasteiger partial charge on any atom is 0.424 e. The van der Waals surface area contributed by atoms with Crippen molar-refractivity contribution in [3.05, 3.63) is 137 Å². The van der Waals surface area contributed by atoms with Crippen LogP contribution in [-0.4, -0.2) is 55.6 Å². The van der Waals surface area contributed by atoms with E-state index in [1.165, 1.54) is 19.9 Å². The van der Waals surface area contributed by atoms with Gasteiger partial charge in [-0.05, 0) is 93.1 Å². The van der Waals surface area contributed by atoms with Gasteiger partial charge in [-0.25, -0.2) is 14.0 Å². The average molecular weight is 980 g/mol. The van der Waals surface area contributed by atoms with Gasteiger partial charge in [0.25, 0.3) is 0 Å². The summed E-state index contributed by atoms with van der Waals surface area (Å²) in [7, 11) is 0. The Hall–Kier alpha value is -5.89. The van der Waals surface area contributed by atoms with Crippen molar-refractivity contribution in [1.82, 2.24) is 10.3 Å². The second-order valence-corrected chi connectivity index (χ2v) is 17.9. The maximum atomic E-state index is 14.4. The Kier molecular flexibility index (Phi) is 12.7. The van der Waals surface area contributed by atoms with Crippen molar-refractivity contribution in [3.8, 4) is 0 Å². The number of hydrogen-bond acceptors (Lipinski definition) is 12. The summed E-state index contributed by atoms with van der Waals surface area (Å²) >= 11 is 12.4. The number of aromatic nitrogens is 2. The molecule has 67 heavy (non-hydrogen) atoms. The minimum atomic E-state index is -5.36. The number of nitrogens with two attached hydrogens (primary N) is 2. The number of fused-ring (bicyclic) bond motifs is 2. The quantitative estimate of drug-likeness (QED) is 0.0574. The van der Waals surface area contributed by atoms with Crippen LogP contribution < -0.4 is 22.7 Å². The van der Waals surface area contributed by atoms with Gasteiger partial charge < -0.3 is 30.7 Å². The first-order chi connectivity index (χ1) is 31.2. The second-order valence-electron chi connectivity index (χ2n) is 17.1. The summed E-state index contributed by atoms with van der Waals surface area (Å²) in [5.41, 5.74) is -0.722. The monoisotopic (exact) mass is 978 g/mol. The topological polar surface area (TPSA) is 213 Å². The highest BCUT2D eigenvalue weighted by atomic mass is 35.5. The van der Waals surface area contributed by atoms with Gasteiger partial charge in [0.05, 0.1) is 33.5 Å². The molecule has 0 amide bonds. The molecule has 2 atom stereocenters. The minimum Gasteiger partial charge on any atom is -0.398 e. The number of ketones is 2. The van der Waals surface area contributed by atoms with Crippen molar-refractivity contribution in [2.45, 2.75) is 99.6 Å². The number of Topliss-reactive ketones (excluding diaryl/α,β-unsaturated/α-hetero) is 2. The summed E-state index contributed by atoms with van der Waals surface area (Å²) in [6, 6.07) is 14.0. The molecule has 2 saturated carbocycles. The van der Waals surface area contributed by atoms with Crippen LogP contribution in [-0.2, 0) is 10.8 Å². The van der Waals surface area contributed by atoms with Crippen molar-refractivity contribution in [2.24, 2.45) is 0 Å². The molecule has 2 unspecified atom stereocenters. The van der Waals surface area contributed by atoms with E-state index in [1.54, 1.807) is 24.3 Å². The normalized spacial score (nSPS) is 17.3. The van der Waals surface area contributed by atoms with Crippen molar-refractivity contribution in [3.63, 3.8) is 0 Å². The number of alkyl halides is 6. The number of nitrogen functional groups attached to an aromatic ring is 2. The fourth-order valence-corrected chi connectivity index (χ4v) is 10.0. The Labute approximate surface area is 384 Å². The van der Waals surface area contributed by atoms with E-state index in [-0.39, 0.29) is 67.1 Å². The Bertz CT molecular complexity index is 3090. The highest BCUT2D eigenvalue weighted by Crippen LogP contribution is 2.58. The largest absolute Gasteiger partial charge is 0.424 e.